The van der Waals surface area contributed by atoms with E-state index < -0.39 is 11.2 Å². The van der Waals surface area contributed by atoms with Crippen molar-refractivity contribution in [3.05, 3.63) is 40.4 Å². The molecular formula is C15H14N6O2S2. The van der Waals surface area contributed by atoms with Gasteiger partial charge in [-0.1, -0.05) is 11.3 Å². The van der Waals surface area contributed by atoms with E-state index in [0.717, 1.165) is 15.6 Å². The third-order valence-electron chi connectivity index (χ3n) is 3.93. The molecule has 10 heteroatoms. The topological polar surface area (TPSA) is 115 Å². The lowest BCUT2D eigenvalue weighted by Gasteiger charge is -2.06. The minimum atomic E-state index is -1.16. The average Bonchev–Trinajstić information content (AvgIpc) is 3.10. The first-order valence-corrected chi connectivity index (χ1v) is 9.72. The van der Waals surface area contributed by atoms with Gasteiger partial charge in [0.05, 0.1) is 17.4 Å². The van der Waals surface area contributed by atoms with Crippen molar-refractivity contribution in [2.75, 3.05) is 12.0 Å². The number of fused-ring (bicyclic) bond motifs is 3. The van der Waals surface area contributed by atoms with E-state index in [2.05, 4.69) is 15.1 Å². The van der Waals surface area contributed by atoms with Crippen LogP contribution in [0.25, 0.3) is 21.3 Å². The van der Waals surface area contributed by atoms with Gasteiger partial charge in [-0.2, -0.15) is 10.1 Å². The molecule has 0 bridgehead atoms. The summed E-state index contributed by atoms with van der Waals surface area (Å²) in [6.07, 6.45) is 4.85. The zero-order chi connectivity index (χ0) is 17.7. The first kappa shape index (κ1) is 16.1. The van der Waals surface area contributed by atoms with Crippen molar-refractivity contribution < 1.29 is 4.55 Å². The predicted octanol–water partition coefficient (Wildman–Crippen LogP) is 1.11. The Morgan fingerprint density at radius 2 is 2.24 bits per heavy atom. The summed E-state index contributed by atoms with van der Waals surface area (Å²) >= 11 is 0.174. The van der Waals surface area contributed by atoms with Gasteiger partial charge in [-0.25, -0.2) is 9.67 Å². The fourth-order valence-electron chi connectivity index (χ4n) is 2.77. The fraction of sp³-hybridized carbons (Fsp3) is 0.200. The highest BCUT2D eigenvalue weighted by molar-refractivity contribution is 7.92. The molecule has 2 N–H and O–H groups in total. The first-order valence-electron chi connectivity index (χ1n) is 7.34. The second-order valence-electron chi connectivity index (χ2n) is 5.60. The van der Waals surface area contributed by atoms with Gasteiger partial charge in [-0.15, -0.1) is 0 Å². The normalized spacial score (nSPS) is 12.9. The molecule has 0 aliphatic carbocycles. The van der Waals surface area contributed by atoms with Gasteiger partial charge < -0.3 is 14.9 Å². The molecule has 0 saturated carbocycles. The first-order chi connectivity index (χ1) is 12.0. The van der Waals surface area contributed by atoms with Gasteiger partial charge in [-0.05, 0) is 17.7 Å². The van der Waals surface area contributed by atoms with Gasteiger partial charge >= 0.3 is 4.34 Å². The Morgan fingerprint density at radius 1 is 1.44 bits per heavy atom. The van der Waals surface area contributed by atoms with Crippen molar-refractivity contribution in [3.63, 3.8) is 0 Å². The highest BCUT2D eigenvalue weighted by Gasteiger charge is 2.21. The van der Waals surface area contributed by atoms with Crippen LogP contribution in [0, 0.1) is 0 Å². The Balaban J connectivity index is 1.88. The molecule has 0 aliphatic rings. The second-order valence-corrected chi connectivity index (χ2v) is 8.16. The molecule has 0 amide bonds. The highest BCUT2D eigenvalue weighted by atomic mass is 32.2. The summed E-state index contributed by atoms with van der Waals surface area (Å²) in [5.74, 6) is 0.398. The Hall–Kier alpha value is -2.43. The lowest BCUT2D eigenvalue weighted by atomic mass is 10.2. The van der Waals surface area contributed by atoms with Crippen LogP contribution in [0.2, 0.25) is 0 Å². The third kappa shape index (κ3) is 2.58. The average molecular weight is 374 g/mol. The molecule has 0 aromatic carbocycles. The van der Waals surface area contributed by atoms with E-state index in [1.54, 1.807) is 42.4 Å². The SMILES string of the molecule is Cn1c2nc([S+](C)[O-])sc2c2cnn(Cc3ccnc(N)c3)c(=O)c21. The molecule has 0 spiro atoms. The predicted molar refractivity (Wildman–Crippen MR) is 98.2 cm³/mol. The highest BCUT2D eigenvalue weighted by Crippen LogP contribution is 2.32. The molecule has 1 atom stereocenters. The number of nitrogen functional groups attached to an aromatic ring is 1. The molecule has 4 aromatic heterocycles. The van der Waals surface area contributed by atoms with Gasteiger partial charge in [0.25, 0.3) is 5.56 Å². The number of aromatic nitrogens is 5. The molecule has 0 fully saturated rings. The van der Waals surface area contributed by atoms with Crippen molar-refractivity contribution in [3.8, 4) is 0 Å². The summed E-state index contributed by atoms with van der Waals surface area (Å²) in [7, 11) is 1.78. The smallest absolute Gasteiger partial charge is 0.303 e. The summed E-state index contributed by atoms with van der Waals surface area (Å²) in [4.78, 5) is 21.2. The maximum absolute atomic E-state index is 12.9. The summed E-state index contributed by atoms with van der Waals surface area (Å²) in [5.41, 5.74) is 7.50. The largest absolute Gasteiger partial charge is 0.610 e. The van der Waals surface area contributed by atoms with Gasteiger partial charge in [0, 0.05) is 29.8 Å². The molecule has 4 rings (SSSR count). The summed E-state index contributed by atoms with van der Waals surface area (Å²) in [5, 5.41) is 5.01. The van der Waals surface area contributed by atoms with Crippen LogP contribution in [0.4, 0.5) is 5.82 Å². The van der Waals surface area contributed by atoms with Crippen molar-refractivity contribution >= 4 is 49.6 Å². The summed E-state index contributed by atoms with van der Waals surface area (Å²) in [6, 6.07) is 3.51. The van der Waals surface area contributed by atoms with Crippen LogP contribution in [-0.2, 0) is 24.8 Å². The van der Waals surface area contributed by atoms with Gasteiger partial charge in [-0.3, -0.25) is 4.79 Å². The summed E-state index contributed by atoms with van der Waals surface area (Å²) < 4.78 is 16.2. The Morgan fingerprint density at radius 3 is 2.96 bits per heavy atom. The third-order valence-corrected chi connectivity index (χ3v) is 6.34. The number of hydrogen-bond acceptors (Lipinski definition) is 7. The molecule has 0 radical (unpaired) electrons. The van der Waals surface area contributed by atoms with Crippen molar-refractivity contribution in [2.24, 2.45) is 7.05 Å². The van der Waals surface area contributed by atoms with Gasteiger partial charge in [0.1, 0.15) is 17.6 Å². The standard InChI is InChI=1S/C15H14N6O2S2/c1-20-11-9(12-13(20)19-15(24-12)25(2)23)6-18-21(14(11)22)7-8-3-4-17-10(16)5-8/h3-6H,7H2,1-2H3,(H2,16,17). The van der Waals surface area contributed by atoms with E-state index in [1.807, 2.05) is 0 Å². The molecule has 4 heterocycles. The number of rotatable bonds is 3. The van der Waals surface area contributed by atoms with E-state index in [0.29, 0.717) is 27.9 Å². The molecule has 0 aliphatic heterocycles. The fourth-order valence-corrected chi connectivity index (χ4v) is 4.55. The van der Waals surface area contributed by atoms with Crippen LogP contribution in [0.5, 0.6) is 0 Å². The van der Waals surface area contributed by atoms with Crippen molar-refractivity contribution in [1.82, 2.24) is 24.3 Å². The zero-order valence-electron chi connectivity index (χ0n) is 13.5. The van der Waals surface area contributed by atoms with Crippen LogP contribution >= 0.6 is 11.3 Å². The zero-order valence-corrected chi connectivity index (χ0v) is 15.1. The van der Waals surface area contributed by atoms with E-state index >= 15 is 0 Å². The van der Waals surface area contributed by atoms with Gasteiger partial charge in [0.2, 0.25) is 0 Å². The lowest BCUT2D eigenvalue weighted by molar-refractivity contribution is 0.600. The van der Waals surface area contributed by atoms with Crippen LogP contribution < -0.4 is 11.3 Å². The monoisotopic (exact) mass is 374 g/mol. The number of aryl methyl sites for hydroxylation is 1. The molecule has 128 valence electrons. The Kier molecular flexibility index (Phi) is 3.74. The minimum absolute atomic E-state index is 0.209. The lowest BCUT2D eigenvalue weighted by Crippen LogP contribution is -2.24. The molecule has 4 aromatic rings. The second kappa shape index (κ2) is 5.83. The van der Waals surface area contributed by atoms with Crippen LogP contribution in [0.15, 0.2) is 33.7 Å². The van der Waals surface area contributed by atoms with E-state index in [1.165, 1.54) is 16.0 Å². The molecule has 0 saturated heterocycles. The number of pyridine rings is 1. The summed E-state index contributed by atoms with van der Waals surface area (Å²) in [6.45, 7) is 0.304. The Labute approximate surface area is 149 Å². The van der Waals surface area contributed by atoms with E-state index in [9.17, 15) is 9.35 Å². The number of nitrogens with two attached hydrogens (primary N) is 1. The number of thiazole rings is 1. The van der Waals surface area contributed by atoms with E-state index in [4.69, 9.17) is 5.73 Å². The Bertz CT molecular complexity index is 1160. The molecular weight excluding hydrogens is 360 g/mol. The van der Waals surface area contributed by atoms with Crippen LogP contribution in [0.1, 0.15) is 5.56 Å². The number of nitrogens with zero attached hydrogens (tertiary/aromatic N) is 5. The maximum atomic E-state index is 12.9. The van der Waals surface area contributed by atoms with Crippen molar-refractivity contribution in [1.29, 1.82) is 0 Å². The minimum Gasteiger partial charge on any atom is -0.610 e. The maximum Gasteiger partial charge on any atom is 0.303 e. The quantitative estimate of drug-likeness (QED) is 0.537. The number of hydrogen-bond donors (Lipinski definition) is 1. The van der Waals surface area contributed by atoms with Crippen molar-refractivity contribution in [2.45, 2.75) is 10.9 Å². The van der Waals surface area contributed by atoms with Crippen LogP contribution in [-0.4, -0.2) is 35.1 Å². The molecule has 8 nitrogen and oxygen atoms in total. The number of anilines is 1. The van der Waals surface area contributed by atoms with Gasteiger partial charge in [0.15, 0.2) is 5.65 Å². The molecule has 25 heavy (non-hydrogen) atoms. The molecule has 1 unspecified atom stereocenters. The van der Waals surface area contributed by atoms with E-state index in [-0.39, 0.29) is 5.56 Å². The van der Waals surface area contributed by atoms with Crippen LogP contribution in [0.3, 0.4) is 0 Å².